The molecule has 0 atom stereocenters. The third kappa shape index (κ3) is 5.15. The monoisotopic (exact) mass is 382 g/mol. The summed E-state index contributed by atoms with van der Waals surface area (Å²) in [5, 5.41) is 2.92. The van der Waals surface area contributed by atoms with Crippen molar-refractivity contribution >= 4 is 17.6 Å². The molecule has 0 unspecified atom stereocenters. The number of aromatic nitrogens is 1. The van der Waals surface area contributed by atoms with Gasteiger partial charge < -0.3 is 19.7 Å². The van der Waals surface area contributed by atoms with Crippen LogP contribution in [0.1, 0.15) is 37.4 Å². The van der Waals surface area contributed by atoms with Crippen molar-refractivity contribution in [3.8, 4) is 0 Å². The Kier molecular flexibility index (Phi) is 6.39. The predicted octanol–water partition coefficient (Wildman–Crippen LogP) is 3.77. The molecule has 28 heavy (non-hydrogen) atoms. The summed E-state index contributed by atoms with van der Waals surface area (Å²) in [5.74, 6) is 0.0107. The van der Waals surface area contributed by atoms with Gasteiger partial charge in [-0.1, -0.05) is 19.1 Å². The number of aryl methyl sites for hydroxylation is 2. The second-order valence-corrected chi connectivity index (χ2v) is 7.58. The van der Waals surface area contributed by atoms with E-state index in [0.717, 1.165) is 36.2 Å². The summed E-state index contributed by atoms with van der Waals surface area (Å²) >= 11 is 0. The first-order valence-electron chi connectivity index (χ1n) is 10.00. The molecule has 1 aromatic carbocycles. The number of hydrogen-bond donors (Lipinski definition) is 1. The fourth-order valence-corrected chi connectivity index (χ4v) is 3.34. The van der Waals surface area contributed by atoms with Crippen LogP contribution in [0.5, 0.6) is 0 Å². The lowest BCUT2D eigenvalue weighted by Crippen LogP contribution is -2.45. The summed E-state index contributed by atoms with van der Waals surface area (Å²) in [4.78, 5) is 29.4. The third-order valence-electron chi connectivity index (χ3n) is 5.07. The van der Waals surface area contributed by atoms with E-state index in [0.29, 0.717) is 19.1 Å². The van der Waals surface area contributed by atoms with Crippen molar-refractivity contribution in [2.45, 2.75) is 45.7 Å². The third-order valence-corrected chi connectivity index (χ3v) is 5.07. The van der Waals surface area contributed by atoms with E-state index < -0.39 is 0 Å². The number of benzene rings is 1. The molecule has 1 N–H and O–H groups in total. The van der Waals surface area contributed by atoms with Gasteiger partial charge in [0.25, 0.3) is 0 Å². The average Bonchev–Trinajstić information content (AvgIpc) is 3.41. The maximum absolute atomic E-state index is 13.1. The summed E-state index contributed by atoms with van der Waals surface area (Å²) in [6, 6.07) is 11.8. The summed E-state index contributed by atoms with van der Waals surface area (Å²) in [6.45, 7) is 5.24. The zero-order valence-electron chi connectivity index (χ0n) is 17.0. The van der Waals surface area contributed by atoms with Crippen LogP contribution in [0.25, 0.3) is 0 Å². The van der Waals surface area contributed by atoms with Gasteiger partial charge in [-0.05, 0) is 56.0 Å². The van der Waals surface area contributed by atoms with Crippen molar-refractivity contribution in [1.29, 1.82) is 0 Å². The first kappa shape index (κ1) is 20.0. The van der Waals surface area contributed by atoms with Crippen molar-refractivity contribution in [2.75, 3.05) is 18.4 Å². The van der Waals surface area contributed by atoms with Crippen molar-refractivity contribution < 1.29 is 9.59 Å². The molecule has 150 valence electrons. The predicted molar refractivity (Wildman–Crippen MR) is 111 cm³/mol. The topological polar surface area (TPSA) is 57.6 Å². The van der Waals surface area contributed by atoms with Gasteiger partial charge in [-0.15, -0.1) is 0 Å². The number of nitrogens with one attached hydrogen (secondary N) is 1. The van der Waals surface area contributed by atoms with E-state index in [1.54, 1.807) is 4.90 Å². The molecule has 0 saturated heterocycles. The Morgan fingerprint density at radius 3 is 2.61 bits per heavy atom. The van der Waals surface area contributed by atoms with Gasteiger partial charge in [0.05, 0.1) is 6.54 Å². The summed E-state index contributed by atoms with van der Waals surface area (Å²) in [7, 11) is 1.99. The molecule has 3 rings (SSSR count). The van der Waals surface area contributed by atoms with Gasteiger partial charge in [0.2, 0.25) is 5.91 Å². The SMILES string of the molecule is CCCN(CC(=O)N(Cc1cccn1C)C1CC1)C(=O)Nc1cccc(C)c1. The van der Waals surface area contributed by atoms with Crippen LogP contribution >= 0.6 is 0 Å². The van der Waals surface area contributed by atoms with E-state index in [1.165, 1.54) is 0 Å². The quantitative estimate of drug-likeness (QED) is 0.756. The first-order chi connectivity index (χ1) is 13.5. The number of urea groups is 1. The van der Waals surface area contributed by atoms with Gasteiger partial charge in [0.15, 0.2) is 0 Å². The number of rotatable bonds is 8. The van der Waals surface area contributed by atoms with Gasteiger partial charge in [0.1, 0.15) is 6.54 Å². The molecule has 1 saturated carbocycles. The molecule has 0 aliphatic heterocycles. The minimum absolute atomic E-state index is 0.0107. The van der Waals surface area contributed by atoms with E-state index in [9.17, 15) is 9.59 Å². The Morgan fingerprint density at radius 1 is 1.21 bits per heavy atom. The molecule has 3 amide bonds. The zero-order valence-corrected chi connectivity index (χ0v) is 17.0. The second-order valence-electron chi connectivity index (χ2n) is 7.58. The van der Waals surface area contributed by atoms with E-state index in [4.69, 9.17) is 0 Å². The summed E-state index contributed by atoms with van der Waals surface area (Å²) < 4.78 is 2.04. The van der Waals surface area contributed by atoms with Gasteiger partial charge in [-0.3, -0.25) is 4.79 Å². The molecule has 0 radical (unpaired) electrons. The molecule has 0 spiro atoms. The van der Waals surface area contributed by atoms with Crippen molar-refractivity contribution in [2.24, 2.45) is 7.05 Å². The Labute approximate surface area is 167 Å². The molecule has 0 bridgehead atoms. The van der Waals surface area contributed by atoms with Crippen LogP contribution < -0.4 is 5.32 Å². The van der Waals surface area contributed by atoms with Crippen LogP contribution in [0.15, 0.2) is 42.6 Å². The standard InChI is InChI=1S/C22H30N4O2/c1-4-12-25(22(28)23-18-8-5-7-17(2)14-18)16-21(27)26(19-10-11-19)15-20-9-6-13-24(20)3/h5-9,13-14,19H,4,10-12,15-16H2,1-3H3,(H,23,28). The fraction of sp³-hybridized carbons (Fsp3) is 0.455. The van der Waals surface area contributed by atoms with Crippen LogP contribution in [0, 0.1) is 6.92 Å². The molecular weight excluding hydrogens is 352 g/mol. The molecule has 1 aromatic heterocycles. The Bertz CT molecular complexity index is 825. The average molecular weight is 383 g/mol. The van der Waals surface area contributed by atoms with Crippen molar-refractivity contribution in [3.63, 3.8) is 0 Å². The van der Waals surface area contributed by atoms with Crippen LogP contribution in [0.3, 0.4) is 0 Å². The van der Waals surface area contributed by atoms with Gasteiger partial charge in [-0.2, -0.15) is 0 Å². The Balaban J connectivity index is 1.66. The highest BCUT2D eigenvalue weighted by molar-refractivity contribution is 5.92. The zero-order chi connectivity index (χ0) is 20.1. The number of hydrogen-bond acceptors (Lipinski definition) is 2. The molecule has 2 aromatic rings. The van der Waals surface area contributed by atoms with Crippen molar-refractivity contribution in [1.82, 2.24) is 14.4 Å². The summed E-state index contributed by atoms with van der Waals surface area (Å²) in [5.41, 5.74) is 2.94. The molecule has 1 heterocycles. The lowest BCUT2D eigenvalue weighted by atomic mass is 10.2. The first-order valence-corrected chi connectivity index (χ1v) is 10.00. The van der Waals surface area contributed by atoms with E-state index >= 15 is 0 Å². The maximum atomic E-state index is 13.1. The number of nitrogens with zero attached hydrogens (tertiary/aromatic N) is 3. The fourth-order valence-electron chi connectivity index (χ4n) is 3.34. The van der Waals surface area contributed by atoms with Gasteiger partial charge in [0, 0.05) is 37.2 Å². The van der Waals surface area contributed by atoms with Crippen LogP contribution in [-0.2, 0) is 18.4 Å². The normalized spacial score (nSPS) is 13.2. The summed E-state index contributed by atoms with van der Waals surface area (Å²) in [6.07, 6.45) is 4.87. The van der Waals surface area contributed by atoms with Gasteiger partial charge >= 0.3 is 6.03 Å². The minimum Gasteiger partial charge on any atom is -0.353 e. The van der Waals surface area contributed by atoms with Crippen LogP contribution in [0.2, 0.25) is 0 Å². The van der Waals surface area contributed by atoms with E-state index in [1.807, 2.05) is 73.0 Å². The second kappa shape index (κ2) is 8.95. The van der Waals surface area contributed by atoms with Crippen LogP contribution in [0.4, 0.5) is 10.5 Å². The lowest BCUT2D eigenvalue weighted by Gasteiger charge is -2.28. The molecule has 6 heteroatoms. The highest BCUT2D eigenvalue weighted by Crippen LogP contribution is 2.28. The highest BCUT2D eigenvalue weighted by atomic mass is 16.2. The minimum atomic E-state index is -0.226. The molecule has 1 aliphatic carbocycles. The van der Waals surface area contributed by atoms with Gasteiger partial charge in [-0.25, -0.2) is 4.79 Å². The molecule has 1 fully saturated rings. The molecular formula is C22H30N4O2. The largest absolute Gasteiger partial charge is 0.353 e. The van der Waals surface area contributed by atoms with Crippen LogP contribution in [-0.4, -0.2) is 45.4 Å². The molecule has 1 aliphatic rings. The number of amides is 3. The number of carbonyl (C=O) groups is 2. The number of anilines is 1. The Morgan fingerprint density at radius 2 is 2.00 bits per heavy atom. The Hall–Kier alpha value is -2.76. The van der Waals surface area contributed by atoms with E-state index in [-0.39, 0.29) is 18.5 Å². The lowest BCUT2D eigenvalue weighted by molar-refractivity contribution is -0.133. The number of carbonyl (C=O) groups excluding carboxylic acids is 2. The maximum Gasteiger partial charge on any atom is 0.322 e. The smallest absolute Gasteiger partial charge is 0.322 e. The highest BCUT2D eigenvalue weighted by Gasteiger charge is 2.34. The van der Waals surface area contributed by atoms with Crippen molar-refractivity contribution in [3.05, 3.63) is 53.9 Å². The molecule has 6 nitrogen and oxygen atoms in total. The van der Waals surface area contributed by atoms with E-state index in [2.05, 4.69) is 5.32 Å².